The van der Waals surface area contributed by atoms with Crippen molar-refractivity contribution in [3.8, 4) is 0 Å². The summed E-state index contributed by atoms with van der Waals surface area (Å²) in [6.07, 6.45) is 2.32. The highest BCUT2D eigenvalue weighted by atomic mass is 31.1. The molecule has 0 saturated carbocycles. The van der Waals surface area contributed by atoms with E-state index in [1.807, 2.05) is 0 Å². The molecule has 0 aromatic rings. The molecule has 3 heteroatoms. The lowest BCUT2D eigenvalue weighted by atomic mass is 9.70. The molecule has 1 saturated heterocycles. The average molecular weight is 244 g/mol. The Labute approximate surface area is 103 Å². The fourth-order valence-corrected chi connectivity index (χ4v) is 4.50. The minimum Gasteiger partial charge on any atom is -0.325 e. The van der Waals surface area contributed by atoms with Gasteiger partial charge < -0.3 is 11.1 Å². The topological polar surface area (TPSA) is 38.0 Å². The van der Waals surface area contributed by atoms with Gasteiger partial charge in [-0.25, -0.2) is 0 Å². The Balaban J connectivity index is 2.85. The van der Waals surface area contributed by atoms with Crippen molar-refractivity contribution in [2.24, 2.45) is 17.1 Å². The van der Waals surface area contributed by atoms with Crippen LogP contribution in [0.4, 0.5) is 0 Å². The zero-order chi connectivity index (χ0) is 12.4. The Bertz CT molecular complexity index is 204. The third-order valence-corrected chi connectivity index (χ3v) is 5.98. The highest BCUT2D eigenvalue weighted by Gasteiger charge is 2.40. The minimum absolute atomic E-state index is 0.0242. The largest absolute Gasteiger partial charge is 0.325 e. The highest BCUT2D eigenvalue weighted by Crippen LogP contribution is 2.42. The Hall–Kier alpha value is 0.350. The summed E-state index contributed by atoms with van der Waals surface area (Å²) in [5.74, 6) is 0.605. The Morgan fingerprint density at radius 3 is 2.44 bits per heavy atom. The van der Waals surface area contributed by atoms with Gasteiger partial charge in [-0.1, -0.05) is 27.2 Å². The molecule has 0 aromatic carbocycles. The molecule has 1 heterocycles. The van der Waals surface area contributed by atoms with Crippen LogP contribution in [-0.2, 0) is 0 Å². The summed E-state index contributed by atoms with van der Waals surface area (Å²) in [6.45, 7) is 13.8. The molecule has 4 atom stereocenters. The molecular weight excluding hydrogens is 215 g/mol. The van der Waals surface area contributed by atoms with Crippen LogP contribution in [0.3, 0.4) is 0 Å². The third-order valence-electron chi connectivity index (χ3n) is 4.29. The molecule has 0 amide bonds. The summed E-state index contributed by atoms with van der Waals surface area (Å²) in [4.78, 5) is 0. The van der Waals surface area contributed by atoms with Gasteiger partial charge in [0, 0.05) is 12.1 Å². The summed E-state index contributed by atoms with van der Waals surface area (Å²) in [7, 11) is 1.00. The number of hydrogen-bond acceptors (Lipinski definition) is 2. The predicted molar refractivity (Wildman–Crippen MR) is 75.7 cm³/mol. The van der Waals surface area contributed by atoms with Crippen LogP contribution >= 0.6 is 8.58 Å². The maximum Gasteiger partial charge on any atom is 0.0171 e. The summed E-state index contributed by atoms with van der Waals surface area (Å²) < 4.78 is 0. The van der Waals surface area contributed by atoms with Crippen LogP contribution in [0.2, 0.25) is 0 Å². The van der Waals surface area contributed by atoms with Crippen LogP contribution in [0, 0.1) is 11.3 Å². The molecule has 1 aliphatic heterocycles. The van der Waals surface area contributed by atoms with E-state index in [4.69, 9.17) is 5.73 Å². The van der Waals surface area contributed by atoms with Crippen LogP contribution in [0.5, 0.6) is 0 Å². The van der Waals surface area contributed by atoms with Crippen molar-refractivity contribution in [3.63, 3.8) is 0 Å². The zero-order valence-corrected chi connectivity index (χ0v) is 12.6. The SMILES string of the molecule is CCC1CNCC(PC)C(C)(C)CC1(C)N. The average Bonchev–Trinajstić information content (AvgIpc) is 2.13. The van der Waals surface area contributed by atoms with Crippen molar-refractivity contribution in [2.45, 2.75) is 51.7 Å². The van der Waals surface area contributed by atoms with Crippen LogP contribution < -0.4 is 11.1 Å². The van der Waals surface area contributed by atoms with E-state index < -0.39 is 0 Å². The molecule has 0 aliphatic carbocycles. The molecule has 96 valence electrons. The van der Waals surface area contributed by atoms with Crippen LogP contribution in [0.1, 0.15) is 40.5 Å². The van der Waals surface area contributed by atoms with Gasteiger partial charge in [-0.2, -0.15) is 0 Å². The van der Waals surface area contributed by atoms with Gasteiger partial charge in [-0.05, 0) is 43.5 Å². The van der Waals surface area contributed by atoms with E-state index in [1.165, 1.54) is 6.42 Å². The van der Waals surface area contributed by atoms with Gasteiger partial charge in [0.15, 0.2) is 0 Å². The molecule has 3 N–H and O–H groups in total. The fourth-order valence-electron chi connectivity index (χ4n) is 3.26. The Morgan fingerprint density at radius 1 is 1.31 bits per heavy atom. The predicted octanol–water partition coefficient (Wildman–Crippen LogP) is 2.43. The van der Waals surface area contributed by atoms with Crippen molar-refractivity contribution >= 4 is 8.58 Å². The first kappa shape index (κ1) is 14.4. The molecule has 1 fully saturated rings. The third kappa shape index (κ3) is 3.18. The summed E-state index contributed by atoms with van der Waals surface area (Å²) >= 11 is 0. The van der Waals surface area contributed by atoms with E-state index in [1.54, 1.807) is 0 Å². The molecule has 0 aromatic heterocycles. The van der Waals surface area contributed by atoms with Gasteiger partial charge in [0.25, 0.3) is 0 Å². The second-order valence-corrected chi connectivity index (χ2v) is 7.55. The van der Waals surface area contributed by atoms with E-state index in [2.05, 4.69) is 39.7 Å². The lowest BCUT2D eigenvalue weighted by molar-refractivity contribution is 0.151. The van der Waals surface area contributed by atoms with E-state index >= 15 is 0 Å². The summed E-state index contributed by atoms with van der Waals surface area (Å²) in [5.41, 5.74) is 7.66. The number of nitrogens with one attached hydrogen (secondary N) is 1. The van der Waals surface area contributed by atoms with Gasteiger partial charge in [0.2, 0.25) is 0 Å². The van der Waals surface area contributed by atoms with Crippen molar-refractivity contribution in [1.82, 2.24) is 5.32 Å². The first-order valence-electron chi connectivity index (χ1n) is 6.50. The number of rotatable bonds is 2. The zero-order valence-electron chi connectivity index (χ0n) is 11.6. The van der Waals surface area contributed by atoms with Gasteiger partial charge in [-0.15, -0.1) is 8.58 Å². The van der Waals surface area contributed by atoms with Gasteiger partial charge in [0.1, 0.15) is 0 Å². The molecule has 0 radical (unpaired) electrons. The quantitative estimate of drug-likeness (QED) is 0.732. The number of hydrogen-bond donors (Lipinski definition) is 2. The van der Waals surface area contributed by atoms with Crippen LogP contribution in [0.15, 0.2) is 0 Å². The van der Waals surface area contributed by atoms with Gasteiger partial charge in [0.05, 0.1) is 0 Å². The summed E-state index contributed by atoms with van der Waals surface area (Å²) in [5, 5.41) is 3.63. The highest BCUT2D eigenvalue weighted by molar-refractivity contribution is 7.38. The van der Waals surface area contributed by atoms with Gasteiger partial charge in [-0.3, -0.25) is 0 Å². The lowest BCUT2D eigenvalue weighted by Gasteiger charge is -2.46. The second kappa shape index (κ2) is 5.33. The Morgan fingerprint density at radius 2 is 1.94 bits per heavy atom. The second-order valence-electron chi connectivity index (χ2n) is 6.28. The van der Waals surface area contributed by atoms with E-state index in [-0.39, 0.29) is 5.54 Å². The van der Waals surface area contributed by atoms with Crippen molar-refractivity contribution in [1.29, 1.82) is 0 Å². The van der Waals surface area contributed by atoms with Crippen molar-refractivity contribution in [3.05, 3.63) is 0 Å². The smallest absolute Gasteiger partial charge is 0.0171 e. The maximum atomic E-state index is 6.56. The maximum absolute atomic E-state index is 6.56. The summed E-state index contributed by atoms with van der Waals surface area (Å²) in [6, 6.07) is 0. The molecule has 1 rings (SSSR count). The van der Waals surface area contributed by atoms with Crippen molar-refractivity contribution < 1.29 is 0 Å². The molecule has 0 spiro atoms. The number of nitrogens with two attached hydrogens (primary N) is 1. The lowest BCUT2D eigenvalue weighted by Crippen LogP contribution is -2.55. The van der Waals surface area contributed by atoms with Crippen LogP contribution in [0.25, 0.3) is 0 Å². The standard InChI is InChI=1S/C13H29N2P/c1-6-10-7-15-8-11(16-5)12(2,3)9-13(10,4)14/h10-11,15-16H,6-9,14H2,1-5H3. The van der Waals surface area contributed by atoms with E-state index in [9.17, 15) is 0 Å². The normalized spacial score (nSPS) is 40.9. The van der Waals surface area contributed by atoms with Crippen LogP contribution in [-0.4, -0.2) is 31.0 Å². The Kier molecular flexibility index (Phi) is 4.80. The molecule has 1 aliphatic rings. The van der Waals surface area contributed by atoms with Gasteiger partial charge >= 0.3 is 0 Å². The van der Waals surface area contributed by atoms with Crippen molar-refractivity contribution in [2.75, 3.05) is 19.8 Å². The first-order chi connectivity index (χ1) is 7.33. The molecule has 4 unspecified atom stereocenters. The monoisotopic (exact) mass is 244 g/mol. The molecule has 2 nitrogen and oxygen atoms in total. The molecule has 0 bridgehead atoms. The molecular formula is C13H29N2P. The minimum atomic E-state index is -0.0242. The molecule has 16 heavy (non-hydrogen) atoms. The fraction of sp³-hybridized carbons (Fsp3) is 1.00. The first-order valence-corrected chi connectivity index (χ1v) is 8.08. The van der Waals surface area contributed by atoms with E-state index in [0.717, 1.165) is 33.8 Å². The van der Waals surface area contributed by atoms with E-state index in [0.29, 0.717) is 11.3 Å².